The first-order chi connectivity index (χ1) is 12.1. The minimum atomic E-state index is -0.00911. The molecule has 1 heterocycles. The summed E-state index contributed by atoms with van der Waals surface area (Å²) in [4.78, 5) is 17.8. The van der Waals surface area contributed by atoms with Gasteiger partial charge in [0.25, 0.3) is 0 Å². The zero-order chi connectivity index (χ0) is 18.5. The maximum atomic E-state index is 11.8. The molecule has 0 radical (unpaired) electrons. The monoisotopic (exact) mass is 478 g/mol. The molecule has 1 unspecified atom stereocenters. The molecule has 6 nitrogen and oxygen atoms in total. The molecule has 0 saturated carbocycles. The lowest BCUT2D eigenvalue weighted by atomic mass is 9.99. The lowest BCUT2D eigenvalue weighted by Crippen LogP contribution is -2.41. The molecule has 1 aromatic rings. The highest BCUT2D eigenvalue weighted by molar-refractivity contribution is 14.0. The average molecular weight is 478 g/mol. The number of unbranched alkanes of at least 4 members (excludes halogenated alkanes) is 1. The number of nitrogens with one attached hydrogen (secondary N) is 2. The van der Waals surface area contributed by atoms with Gasteiger partial charge in [-0.2, -0.15) is 0 Å². The molecule has 1 rings (SSSR count). The first-order valence-electron chi connectivity index (χ1n) is 9.31. The molecule has 1 aromatic heterocycles. The fraction of sp³-hybridized carbons (Fsp3) is 0.684. The number of hydrogen-bond donors (Lipinski definition) is 2. The van der Waals surface area contributed by atoms with Crippen LogP contribution in [0.4, 0.5) is 0 Å². The molecule has 2 N–H and O–H groups in total. The Hall–Kier alpha value is -1.25. The van der Waals surface area contributed by atoms with Gasteiger partial charge in [0.2, 0.25) is 5.91 Å². The standard InChI is InChI=1S/C19H34N4O2.HI/c1-5-7-9-16(6-2)14-21-19(22-15-18(24)23(3)4)20-12-11-17-10-8-13-25-17;/h8,10,13,16H,5-7,9,11-12,14-15H2,1-4H3,(H2,20,21,22);1H. The normalized spacial score (nSPS) is 12.2. The number of amides is 1. The maximum absolute atomic E-state index is 11.8. The van der Waals surface area contributed by atoms with Gasteiger partial charge in [-0.25, -0.2) is 4.99 Å². The van der Waals surface area contributed by atoms with Crippen molar-refractivity contribution in [1.29, 1.82) is 0 Å². The van der Waals surface area contributed by atoms with Crippen molar-refractivity contribution in [2.24, 2.45) is 10.9 Å². The van der Waals surface area contributed by atoms with E-state index in [4.69, 9.17) is 4.42 Å². The highest BCUT2D eigenvalue weighted by Crippen LogP contribution is 2.11. The summed E-state index contributed by atoms with van der Waals surface area (Å²) in [5.41, 5.74) is 0. The quantitative estimate of drug-likeness (QED) is 0.291. The van der Waals surface area contributed by atoms with Gasteiger partial charge in [-0.1, -0.05) is 33.1 Å². The molecule has 0 aromatic carbocycles. The van der Waals surface area contributed by atoms with Crippen molar-refractivity contribution in [3.05, 3.63) is 24.2 Å². The molecule has 0 aliphatic rings. The molecule has 150 valence electrons. The van der Waals surface area contributed by atoms with Crippen molar-refractivity contribution >= 4 is 35.8 Å². The van der Waals surface area contributed by atoms with Crippen LogP contribution in [0.5, 0.6) is 0 Å². The van der Waals surface area contributed by atoms with Crippen LogP contribution in [-0.2, 0) is 11.2 Å². The highest BCUT2D eigenvalue weighted by Gasteiger charge is 2.09. The molecule has 7 heteroatoms. The number of halogens is 1. The van der Waals surface area contributed by atoms with E-state index in [-0.39, 0.29) is 36.4 Å². The fourth-order valence-corrected chi connectivity index (χ4v) is 2.41. The van der Waals surface area contributed by atoms with E-state index in [1.807, 2.05) is 12.1 Å². The van der Waals surface area contributed by atoms with Gasteiger partial charge in [0.15, 0.2) is 5.96 Å². The molecule has 0 aliphatic carbocycles. The van der Waals surface area contributed by atoms with Crippen molar-refractivity contribution in [3.8, 4) is 0 Å². The first kappa shape index (κ1) is 24.8. The van der Waals surface area contributed by atoms with Crippen molar-refractivity contribution in [2.45, 2.75) is 46.0 Å². The number of guanidine groups is 1. The third-order valence-corrected chi connectivity index (χ3v) is 4.22. The third-order valence-electron chi connectivity index (χ3n) is 4.22. The van der Waals surface area contributed by atoms with Crippen LogP contribution in [0.15, 0.2) is 27.8 Å². The van der Waals surface area contributed by atoms with Crippen LogP contribution < -0.4 is 10.6 Å². The second kappa shape index (κ2) is 14.9. The summed E-state index contributed by atoms with van der Waals surface area (Å²) >= 11 is 0. The Bertz CT molecular complexity index is 504. The Balaban J connectivity index is 0.00000625. The number of hydrogen-bond acceptors (Lipinski definition) is 3. The van der Waals surface area contributed by atoms with Gasteiger partial charge in [-0.3, -0.25) is 4.79 Å². The molecule has 0 bridgehead atoms. The molecule has 0 aliphatic heterocycles. The van der Waals surface area contributed by atoms with Crippen molar-refractivity contribution < 1.29 is 9.21 Å². The van der Waals surface area contributed by atoms with Gasteiger partial charge >= 0.3 is 0 Å². The van der Waals surface area contributed by atoms with Crippen molar-refractivity contribution in [3.63, 3.8) is 0 Å². The molecular weight excluding hydrogens is 443 g/mol. The van der Waals surface area contributed by atoms with E-state index >= 15 is 0 Å². The van der Waals surface area contributed by atoms with Gasteiger partial charge in [0.1, 0.15) is 12.3 Å². The topological polar surface area (TPSA) is 69.9 Å². The van der Waals surface area contributed by atoms with Crippen LogP contribution in [0.1, 0.15) is 45.3 Å². The third kappa shape index (κ3) is 10.7. The summed E-state index contributed by atoms with van der Waals surface area (Å²) < 4.78 is 5.34. The zero-order valence-electron chi connectivity index (χ0n) is 16.6. The van der Waals surface area contributed by atoms with E-state index in [1.54, 1.807) is 25.3 Å². The number of carbonyl (C=O) groups is 1. The van der Waals surface area contributed by atoms with Crippen LogP contribution in [0.3, 0.4) is 0 Å². The number of likely N-dealkylation sites (N-methyl/N-ethyl adjacent to an activating group) is 1. The second-order valence-corrected chi connectivity index (χ2v) is 6.51. The Morgan fingerprint density at radius 1 is 1.31 bits per heavy atom. The molecule has 0 spiro atoms. The molecule has 0 fully saturated rings. The predicted molar refractivity (Wildman–Crippen MR) is 118 cm³/mol. The number of aliphatic imine (C=N–C) groups is 1. The molecule has 0 saturated heterocycles. The minimum absolute atomic E-state index is 0. The largest absolute Gasteiger partial charge is 0.469 e. The average Bonchev–Trinajstić information content (AvgIpc) is 3.12. The van der Waals surface area contributed by atoms with Crippen LogP contribution in [0, 0.1) is 5.92 Å². The van der Waals surface area contributed by atoms with E-state index in [0.717, 1.165) is 25.1 Å². The molecular formula is C19H35IN4O2. The van der Waals surface area contributed by atoms with Gasteiger partial charge < -0.3 is 20.0 Å². The van der Waals surface area contributed by atoms with Gasteiger partial charge in [-0.05, 0) is 24.5 Å². The Kier molecular flexibility index (Phi) is 14.2. The van der Waals surface area contributed by atoms with Crippen LogP contribution in [0.25, 0.3) is 0 Å². The van der Waals surface area contributed by atoms with Gasteiger partial charge in [0.05, 0.1) is 6.26 Å². The smallest absolute Gasteiger partial charge is 0.243 e. The van der Waals surface area contributed by atoms with E-state index in [0.29, 0.717) is 18.4 Å². The molecule has 1 atom stereocenters. The fourth-order valence-electron chi connectivity index (χ4n) is 2.41. The summed E-state index contributed by atoms with van der Waals surface area (Å²) in [6, 6.07) is 3.84. The summed E-state index contributed by atoms with van der Waals surface area (Å²) in [6.45, 7) is 6.17. The van der Waals surface area contributed by atoms with Gasteiger partial charge in [-0.15, -0.1) is 24.0 Å². The number of nitrogens with zero attached hydrogens (tertiary/aromatic N) is 2. The summed E-state index contributed by atoms with van der Waals surface area (Å²) in [5.74, 6) is 2.24. The maximum Gasteiger partial charge on any atom is 0.243 e. The van der Waals surface area contributed by atoms with Crippen molar-refractivity contribution in [2.75, 3.05) is 33.7 Å². The Morgan fingerprint density at radius 3 is 2.65 bits per heavy atom. The first-order valence-corrected chi connectivity index (χ1v) is 9.31. The zero-order valence-corrected chi connectivity index (χ0v) is 18.9. The van der Waals surface area contributed by atoms with E-state index < -0.39 is 0 Å². The molecule has 1 amide bonds. The minimum Gasteiger partial charge on any atom is -0.469 e. The molecule has 26 heavy (non-hydrogen) atoms. The Morgan fingerprint density at radius 2 is 2.08 bits per heavy atom. The summed E-state index contributed by atoms with van der Waals surface area (Å²) in [5, 5.41) is 6.69. The lowest BCUT2D eigenvalue weighted by Gasteiger charge is -2.18. The summed E-state index contributed by atoms with van der Waals surface area (Å²) in [7, 11) is 3.49. The highest BCUT2D eigenvalue weighted by atomic mass is 127. The second-order valence-electron chi connectivity index (χ2n) is 6.51. The number of rotatable bonds is 11. The summed E-state index contributed by atoms with van der Waals surface area (Å²) in [6.07, 6.45) is 7.29. The van der Waals surface area contributed by atoms with Crippen LogP contribution in [0.2, 0.25) is 0 Å². The predicted octanol–water partition coefficient (Wildman–Crippen LogP) is 3.28. The van der Waals surface area contributed by atoms with E-state index in [2.05, 4.69) is 29.5 Å². The van der Waals surface area contributed by atoms with E-state index in [1.165, 1.54) is 19.3 Å². The SMILES string of the molecule is CCCCC(CC)CNC(=NCC(=O)N(C)C)NCCc1ccco1.I. The van der Waals surface area contributed by atoms with Crippen LogP contribution >= 0.6 is 24.0 Å². The van der Waals surface area contributed by atoms with Crippen LogP contribution in [-0.4, -0.2) is 50.5 Å². The Labute approximate surface area is 175 Å². The number of furan rings is 1. The van der Waals surface area contributed by atoms with Gasteiger partial charge in [0, 0.05) is 33.6 Å². The van der Waals surface area contributed by atoms with E-state index in [9.17, 15) is 4.79 Å². The number of carbonyl (C=O) groups excluding carboxylic acids is 1. The lowest BCUT2D eigenvalue weighted by molar-refractivity contribution is -0.127. The van der Waals surface area contributed by atoms with Crippen molar-refractivity contribution in [1.82, 2.24) is 15.5 Å².